The molecule has 0 atom stereocenters. The molecule has 2 N–H and O–H groups in total. The summed E-state index contributed by atoms with van der Waals surface area (Å²) in [5, 5.41) is 0. The number of nitrogens with two attached hydrogens (primary N) is 1. The molecular formula is C5H8FNO2. The van der Waals surface area contributed by atoms with Crippen molar-refractivity contribution in [3.63, 3.8) is 0 Å². The number of esters is 1. The Morgan fingerprint density at radius 2 is 2.44 bits per heavy atom. The molecule has 0 saturated carbocycles. The molecule has 9 heavy (non-hydrogen) atoms. The van der Waals surface area contributed by atoms with E-state index in [4.69, 9.17) is 0 Å². The average molecular weight is 133 g/mol. The van der Waals surface area contributed by atoms with E-state index in [1.54, 1.807) is 6.92 Å². The van der Waals surface area contributed by atoms with Gasteiger partial charge in [-0.3, -0.25) is 0 Å². The van der Waals surface area contributed by atoms with Gasteiger partial charge >= 0.3 is 5.97 Å². The van der Waals surface area contributed by atoms with E-state index in [2.05, 4.69) is 10.5 Å². The summed E-state index contributed by atoms with van der Waals surface area (Å²) < 4.78 is 15.9. The average Bonchev–Trinajstić information content (AvgIpc) is 1.63. The molecule has 0 rings (SSSR count). The fraction of sp³-hybridized carbons (Fsp3) is 0.400. The summed E-state index contributed by atoms with van der Waals surface area (Å²) in [6, 6.07) is 0. The fourth-order valence-electron chi connectivity index (χ4n) is 0.297. The normalized spacial score (nSPS) is 11.1. The Balaban J connectivity index is 3.63. The minimum atomic E-state index is -1.03. The zero-order chi connectivity index (χ0) is 7.28. The van der Waals surface area contributed by atoms with Gasteiger partial charge in [0, 0.05) is 0 Å². The third kappa shape index (κ3) is 4.80. The highest BCUT2D eigenvalue weighted by atomic mass is 19.1. The van der Waals surface area contributed by atoms with E-state index in [9.17, 15) is 9.18 Å². The predicted molar refractivity (Wildman–Crippen MR) is 30.0 cm³/mol. The van der Waals surface area contributed by atoms with Gasteiger partial charge in [-0.05, 0) is 6.92 Å². The highest BCUT2D eigenvalue weighted by Gasteiger charge is 1.95. The summed E-state index contributed by atoms with van der Waals surface area (Å²) in [5.74, 6) is -1.79. The summed E-state index contributed by atoms with van der Waals surface area (Å²) in [7, 11) is 0. The lowest BCUT2D eigenvalue weighted by Crippen LogP contribution is -2.02. The van der Waals surface area contributed by atoms with Crippen molar-refractivity contribution in [1.82, 2.24) is 0 Å². The SMILES string of the molecule is CCOC(=O)/C=C(\N)F. The van der Waals surface area contributed by atoms with Gasteiger partial charge in [0.2, 0.25) is 0 Å². The number of hydrogen-bond acceptors (Lipinski definition) is 3. The number of carbonyl (C=O) groups is 1. The van der Waals surface area contributed by atoms with Gasteiger partial charge in [0.25, 0.3) is 0 Å². The first-order chi connectivity index (χ1) is 4.16. The summed E-state index contributed by atoms with van der Waals surface area (Å²) in [6.07, 6.45) is 0.587. The van der Waals surface area contributed by atoms with Crippen LogP contribution < -0.4 is 5.73 Å². The number of carbonyl (C=O) groups excluding carboxylic acids is 1. The molecule has 0 fully saturated rings. The van der Waals surface area contributed by atoms with Crippen LogP contribution in [0.3, 0.4) is 0 Å². The summed E-state index contributed by atoms with van der Waals surface area (Å²) in [5.41, 5.74) is 4.52. The minimum absolute atomic E-state index is 0.225. The van der Waals surface area contributed by atoms with Gasteiger partial charge < -0.3 is 10.5 Å². The Morgan fingerprint density at radius 3 is 2.78 bits per heavy atom. The predicted octanol–water partition coefficient (Wildman–Crippen LogP) is 0.319. The molecule has 0 bridgehead atoms. The van der Waals surface area contributed by atoms with Crippen molar-refractivity contribution in [2.45, 2.75) is 6.92 Å². The van der Waals surface area contributed by atoms with E-state index in [0.29, 0.717) is 6.08 Å². The van der Waals surface area contributed by atoms with Gasteiger partial charge in [-0.15, -0.1) is 0 Å². The van der Waals surface area contributed by atoms with Gasteiger partial charge in [0.05, 0.1) is 12.7 Å². The van der Waals surface area contributed by atoms with E-state index >= 15 is 0 Å². The molecule has 0 spiro atoms. The number of ether oxygens (including phenoxy) is 1. The summed E-state index contributed by atoms with van der Waals surface area (Å²) in [4.78, 5) is 10.2. The first-order valence-corrected chi connectivity index (χ1v) is 2.46. The highest BCUT2D eigenvalue weighted by Crippen LogP contribution is 1.86. The number of hydrogen-bond donors (Lipinski definition) is 1. The van der Waals surface area contributed by atoms with E-state index in [1.165, 1.54) is 0 Å². The van der Waals surface area contributed by atoms with Crippen molar-refractivity contribution in [1.29, 1.82) is 0 Å². The van der Waals surface area contributed by atoms with Crippen LogP contribution in [0.1, 0.15) is 6.92 Å². The molecule has 0 aromatic carbocycles. The van der Waals surface area contributed by atoms with Crippen LogP contribution in [0.4, 0.5) is 4.39 Å². The van der Waals surface area contributed by atoms with Gasteiger partial charge in [-0.1, -0.05) is 0 Å². The zero-order valence-electron chi connectivity index (χ0n) is 5.06. The second-order valence-corrected chi connectivity index (χ2v) is 1.28. The van der Waals surface area contributed by atoms with Gasteiger partial charge in [-0.25, -0.2) is 4.79 Å². The Labute approximate surface area is 52.3 Å². The van der Waals surface area contributed by atoms with E-state index in [-0.39, 0.29) is 6.61 Å². The first kappa shape index (κ1) is 7.94. The van der Waals surface area contributed by atoms with E-state index in [1.807, 2.05) is 0 Å². The molecule has 0 saturated heterocycles. The summed E-state index contributed by atoms with van der Waals surface area (Å²) in [6.45, 7) is 1.85. The van der Waals surface area contributed by atoms with Crippen LogP contribution in [0.25, 0.3) is 0 Å². The van der Waals surface area contributed by atoms with Crippen LogP contribution >= 0.6 is 0 Å². The monoisotopic (exact) mass is 133 g/mol. The van der Waals surface area contributed by atoms with Gasteiger partial charge in [0.15, 0.2) is 5.95 Å². The van der Waals surface area contributed by atoms with E-state index < -0.39 is 11.9 Å². The van der Waals surface area contributed by atoms with Gasteiger partial charge in [0.1, 0.15) is 0 Å². The second kappa shape index (κ2) is 3.88. The van der Waals surface area contributed by atoms with E-state index in [0.717, 1.165) is 0 Å². The Bertz CT molecular complexity index is 129. The quantitative estimate of drug-likeness (QED) is 0.335. The molecule has 0 aromatic heterocycles. The molecule has 0 amide bonds. The lowest BCUT2D eigenvalue weighted by Gasteiger charge is -1.92. The minimum Gasteiger partial charge on any atom is -0.463 e. The molecule has 0 unspecified atom stereocenters. The van der Waals surface area contributed by atoms with Crippen molar-refractivity contribution >= 4 is 5.97 Å². The molecule has 0 aliphatic carbocycles. The maximum Gasteiger partial charge on any atom is 0.335 e. The van der Waals surface area contributed by atoms with Crippen molar-refractivity contribution in [3.05, 3.63) is 12.0 Å². The Morgan fingerprint density at radius 1 is 1.89 bits per heavy atom. The summed E-state index contributed by atoms with van der Waals surface area (Å²) >= 11 is 0. The van der Waals surface area contributed by atoms with Crippen LogP contribution in [-0.4, -0.2) is 12.6 Å². The molecule has 0 heterocycles. The van der Waals surface area contributed by atoms with Crippen molar-refractivity contribution in [2.75, 3.05) is 6.61 Å². The van der Waals surface area contributed by atoms with Crippen molar-refractivity contribution < 1.29 is 13.9 Å². The molecule has 3 nitrogen and oxygen atoms in total. The standard InChI is InChI=1S/C5H8FNO2/c1-2-9-5(8)3-4(6)7/h3H,2,7H2,1H3/b4-3-. The maximum atomic E-state index is 11.6. The van der Waals surface area contributed by atoms with Crippen molar-refractivity contribution in [2.24, 2.45) is 5.73 Å². The van der Waals surface area contributed by atoms with Crippen LogP contribution in [-0.2, 0) is 9.53 Å². The first-order valence-electron chi connectivity index (χ1n) is 2.46. The molecule has 52 valence electrons. The zero-order valence-corrected chi connectivity index (χ0v) is 5.06. The molecule has 0 aliphatic heterocycles. The Hall–Kier alpha value is -1.06. The second-order valence-electron chi connectivity index (χ2n) is 1.28. The molecule has 4 heteroatoms. The topological polar surface area (TPSA) is 52.3 Å². The van der Waals surface area contributed by atoms with Gasteiger partial charge in [-0.2, -0.15) is 4.39 Å². The number of halogens is 1. The smallest absolute Gasteiger partial charge is 0.335 e. The van der Waals surface area contributed by atoms with Crippen LogP contribution in [0.2, 0.25) is 0 Å². The maximum absolute atomic E-state index is 11.6. The highest BCUT2D eigenvalue weighted by molar-refractivity contribution is 5.82. The van der Waals surface area contributed by atoms with Crippen LogP contribution in [0.15, 0.2) is 12.0 Å². The third-order valence-electron chi connectivity index (χ3n) is 0.542. The molecule has 0 radical (unpaired) electrons. The molecule has 0 aromatic rings. The molecule has 0 aliphatic rings. The molecular weight excluding hydrogens is 125 g/mol. The fourth-order valence-corrected chi connectivity index (χ4v) is 0.297. The van der Waals surface area contributed by atoms with Crippen LogP contribution in [0.5, 0.6) is 0 Å². The lowest BCUT2D eigenvalue weighted by molar-refractivity contribution is -0.137. The lowest BCUT2D eigenvalue weighted by atomic mass is 10.6. The number of rotatable bonds is 2. The third-order valence-corrected chi connectivity index (χ3v) is 0.542. The van der Waals surface area contributed by atoms with Crippen LogP contribution in [0, 0.1) is 0 Å². The Kier molecular flexibility index (Phi) is 3.43. The van der Waals surface area contributed by atoms with Crippen molar-refractivity contribution in [3.8, 4) is 0 Å². The largest absolute Gasteiger partial charge is 0.463 e.